The minimum atomic E-state index is -0.758. The van der Waals surface area contributed by atoms with Crippen molar-refractivity contribution in [2.45, 2.75) is 6.54 Å². The number of thiazole rings is 1. The van der Waals surface area contributed by atoms with Gasteiger partial charge in [-0.3, -0.25) is 14.9 Å². The van der Waals surface area contributed by atoms with Gasteiger partial charge >= 0.3 is 11.8 Å². The number of carbonyl (C=O) groups excluding carboxylic acids is 1. The molecule has 0 saturated heterocycles. The number of halogens is 1. The van der Waals surface area contributed by atoms with Gasteiger partial charge in [0, 0.05) is 13.7 Å². The van der Waals surface area contributed by atoms with E-state index in [-0.39, 0.29) is 5.76 Å². The molecule has 3 rings (SSSR count). The highest BCUT2D eigenvalue weighted by atomic mass is 32.1. The lowest BCUT2D eigenvalue weighted by Gasteiger charge is -2.03. The maximum Gasteiger partial charge on any atom is 0.433 e. The van der Waals surface area contributed by atoms with Crippen LogP contribution in [0.5, 0.6) is 0 Å². The molecule has 0 N–H and O–H groups in total. The molecule has 0 radical (unpaired) electrons. The Hall–Kier alpha value is -2.85. The van der Waals surface area contributed by atoms with Crippen molar-refractivity contribution in [3.05, 3.63) is 56.8 Å². The standard InChI is InChI=1S/C15H12FN3O5S/c1-23-7-6-18-10-3-2-9(16)8-12(10)25-15(18)17-14(20)11-4-5-13(24-11)19(21)22/h2-5,8H,6-7H2,1H3. The molecule has 0 fully saturated rings. The SMILES string of the molecule is COCCn1c(=NC(=O)c2ccc([N+](=O)[O-])o2)sc2cc(F)ccc21. The van der Waals surface area contributed by atoms with Crippen LogP contribution in [0.2, 0.25) is 0 Å². The average molecular weight is 365 g/mol. The summed E-state index contributed by atoms with van der Waals surface area (Å²) in [5.41, 5.74) is 0.709. The Bertz CT molecular complexity index is 1020. The Labute approximate surface area is 143 Å². The number of fused-ring (bicyclic) bond motifs is 1. The van der Waals surface area contributed by atoms with Crippen LogP contribution < -0.4 is 4.80 Å². The smallest absolute Gasteiger partial charge is 0.395 e. The molecule has 0 spiro atoms. The third kappa shape index (κ3) is 3.49. The van der Waals surface area contributed by atoms with Crippen LogP contribution in [-0.4, -0.2) is 29.1 Å². The van der Waals surface area contributed by atoms with Gasteiger partial charge in [-0.1, -0.05) is 11.3 Å². The minimum Gasteiger partial charge on any atom is -0.395 e. The van der Waals surface area contributed by atoms with Crippen LogP contribution in [0.1, 0.15) is 10.6 Å². The van der Waals surface area contributed by atoms with E-state index >= 15 is 0 Å². The van der Waals surface area contributed by atoms with Crippen molar-refractivity contribution in [2.24, 2.45) is 4.99 Å². The summed E-state index contributed by atoms with van der Waals surface area (Å²) < 4.78 is 25.7. The highest BCUT2D eigenvalue weighted by Gasteiger charge is 2.17. The van der Waals surface area contributed by atoms with Gasteiger partial charge in [0.05, 0.1) is 22.9 Å². The zero-order valence-electron chi connectivity index (χ0n) is 13.0. The summed E-state index contributed by atoms with van der Waals surface area (Å²) >= 11 is 1.13. The van der Waals surface area contributed by atoms with E-state index in [0.29, 0.717) is 28.2 Å². The van der Waals surface area contributed by atoms with Crippen LogP contribution in [0, 0.1) is 15.9 Å². The fourth-order valence-electron chi connectivity index (χ4n) is 2.21. The Morgan fingerprint density at radius 1 is 1.44 bits per heavy atom. The number of amides is 1. The number of ether oxygens (including phenoxy) is 1. The number of nitro groups is 1. The van der Waals surface area contributed by atoms with E-state index in [1.807, 2.05) is 0 Å². The topological polar surface area (TPSA) is 99.9 Å². The first-order valence-corrected chi connectivity index (χ1v) is 7.92. The van der Waals surface area contributed by atoms with Crippen molar-refractivity contribution in [1.29, 1.82) is 0 Å². The maximum absolute atomic E-state index is 13.4. The second-order valence-electron chi connectivity index (χ2n) is 4.95. The van der Waals surface area contributed by atoms with Gasteiger partial charge in [0.2, 0.25) is 5.76 Å². The monoisotopic (exact) mass is 365 g/mol. The summed E-state index contributed by atoms with van der Waals surface area (Å²) in [5, 5.41) is 10.6. The molecule has 2 aromatic heterocycles. The fraction of sp³-hybridized carbons (Fsp3) is 0.200. The number of furan rings is 1. The Morgan fingerprint density at radius 3 is 2.92 bits per heavy atom. The van der Waals surface area contributed by atoms with Gasteiger partial charge in [-0.05, 0) is 24.3 Å². The third-order valence-corrected chi connectivity index (χ3v) is 4.38. The molecule has 8 nitrogen and oxygen atoms in total. The fourth-order valence-corrected chi connectivity index (χ4v) is 3.29. The molecule has 10 heteroatoms. The number of aromatic nitrogens is 1. The molecule has 0 atom stereocenters. The van der Waals surface area contributed by atoms with Crippen LogP contribution in [-0.2, 0) is 11.3 Å². The van der Waals surface area contributed by atoms with Crippen LogP contribution in [0.3, 0.4) is 0 Å². The zero-order chi connectivity index (χ0) is 18.0. The number of methoxy groups -OCH3 is 1. The predicted octanol–water partition coefficient (Wildman–Crippen LogP) is 2.73. The van der Waals surface area contributed by atoms with Gasteiger partial charge in [0.1, 0.15) is 10.7 Å². The quantitative estimate of drug-likeness (QED) is 0.511. The first-order chi connectivity index (χ1) is 12.0. The largest absolute Gasteiger partial charge is 0.433 e. The normalized spacial score (nSPS) is 12.0. The third-order valence-electron chi connectivity index (χ3n) is 3.34. The summed E-state index contributed by atoms with van der Waals surface area (Å²) in [6.07, 6.45) is 0. The van der Waals surface area contributed by atoms with Crippen molar-refractivity contribution < 1.29 is 23.3 Å². The van der Waals surface area contributed by atoms with Crippen LogP contribution >= 0.6 is 11.3 Å². The molecule has 2 heterocycles. The second kappa shape index (κ2) is 6.95. The van der Waals surface area contributed by atoms with Gasteiger partial charge in [-0.25, -0.2) is 4.39 Å². The van der Waals surface area contributed by atoms with Crippen molar-refractivity contribution in [3.8, 4) is 0 Å². The number of hydrogen-bond donors (Lipinski definition) is 0. The lowest BCUT2D eigenvalue weighted by Crippen LogP contribution is -2.19. The molecule has 0 saturated carbocycles. The Kier molecular flexibility index (Phi) is 4.72. The number of carbonyl (C=O) groups is 1. The number of nitrogens with zero attached hydrogens (tertiary/aromatic N) is 3. The molecule has 0 unspecified atom stereocenters. The predicted molar refractivity (Wildman–Crippen MR) is 86.9 cm³/mol. The van der Waals surface area contributed by atoms with Gasteiger partial charge in [-0.2, -0.15) is 4.99 Å². The molecular weight excluding hydrogens is 353 g/mol. The zero-order valence-corrected chi connectivity index (χ0v) is 13.8. The Balaban J connectivity index is 2.07. The first kappa shape index (κ1) is 17.0. The molecule has 130 valence electrons. The highest BCUT2D eigenvalue weighted by Crippen LogP contribution is 2.20. The van der Waals surface area contributed by atoms with E-state index in [9.17, 15) is 19.3 Å². The van der Waals surface area contributed by atoms with Gasteiger partial charge in [0.15, 0.2) is 4.80 Å². The highest BCUT2D eigenvalue weighted by molar-refractivity contribution is 7.16. The maximum atomic E-state index is 13.4. The van der Waals surface area contributed by atoms with E-state index in [1.165, 1.54) is 18.2 Å². The molecule has 3 aromatic rings. The number of benzene rings is 1. The van der Waals surface area contributed by atoms with E-state index in [0.717, 1.165) is 17.4 Å². The average Bonchev–Trinajstić information content (AvgIpc) is 3.17. The number of hydrogen-bond acceptors (Lipinski definition) is 6. The molecular formula is C15H12FN3O5S. The van der Waals surface area contributed by atoms with E-state index in [2.05, 4.69) is 4.99 Å². The first-order valence-electron chi connectivity index (χ1n) is 7.10. The lowest BCUT2D eigenvalue weighted by molar-refractivity contribution is -0.402. The molecule has 0 aliphatic carbocycles. The summed E-state index contributed by atoms with van der Waals surface area (Å²) in [6, 6.07) is 6.54. The van der Waals surface area contributed by atoms with Gasteiger partial charge in [-0.15, -0.1) is 0 Å². The van der Waals surface area contributed by atoms with E-state index < -0.39 is 22.5 Å². The number of rotatable bonds is 5. The molecule has 1 aromatic carbocycles. The van der Waals surface area contributed by atoms with Crippen molar-refractivity contribution in [2.75, 3.05) is 13.7 Å². The summed E-state index contributed by atoms with van der Waals surface area (Å²) in [4.78, 5) is 26.4. The summed E-state index contributed by atoms with van der Waals surface area (Å²) in [6.45, 7) is 0.781. The Morgan fingerprint density at radius 2 is 2.24 bits per heavy atom. The van der Waals surface area contributed by atoms with Crippen molar-refractivity contribution >= 4 is 33.3 Å². The van der Waals surface area contributed by atoms with Crippen LogP contribution in [0.4, 0.5) is 10.3 Å². The minimum absolute atomic E-state index is 0.242. The van der Waals surface area contributed by atoms with E-state index in [1.54, 1.807) is 17.7 Å². The summed E-state index contributed by atoms with van der Waals surface area (Å²) in [5.74, 6) is -1.93. The van der Waals surface area contributed by atoms with Gasteiger partial charge < -0.3 is 13.7 Å². The summed E-state index contributed by atoms with van der Waals surface area (Å²) in [7, 11) is 1.54. The van der Waals surface area contributed by atoms with Crippen LogP contribution in [0.25, 0.3) is 10.2 Å². The van der Waals surface area contributed by atoms with Gasteiger partial charge in [0.25, 0.3) is 0 Å². The molecule has 25 heavy (non-hydrogen) atoms. The van der Waals surface area contributed by atoms with Crippen molar-refractivity contribution in [3.63, 3.8) is 0 Å². The lowest BCUT2D eigenvalue weighted by atomic mass is 10.3. The van der Waals surface area contributed by atoms with Crippen molar-refractivity contribution in [1.82, 2.24) is 4.57 Å². The second-order valence-corrected chi connectivity index (χ2v) is 5.96. The molecule has 0 aliphatic rings. The molecule has 0 aliphatic heterocycles. The molecule has 1 amide bonds. The van der Waals surface area contributed by atoms with E-state index in [4.69, 9.17) is 9.15 Å². The molecule has 0 bridgehead atoms. The van der Waals surface area contributed by atoms with Crippen LogP contribution in [0.15, 0.2) is 39.7 Å².